The second-order valence-electron chi connectivity index (χ2n) is 5.01. The van der Waals surface area contributed by atoms with Crippen LogP contribution in [-0.4, -0.2) is 16.6 Å². The summed E-state index contributed by atoms with van der Waals surface area (Å²) in [5, 5.41) is 13.2. The number of nitrogens with one attached hydrogen (secondary N) is 1. The van der Waals surface area contributed by atoms with Crippen molar-refractivity contribution in [2.75, 3.05) is 11.1 Å². The minimum atomic E-state index is -0.933. The Hall–Kier alpha value is -2.41. The minimum absolute atomic E-state index is 0.160. The van der Waals surface area contributed by atoms with Gasteiger partial charge in [-0.25, -0.2) is 0 Å². The number of hydrogen-bond acceptors (Lipinski definition) is 4. The van der Waals surface area contributed by atoms with Crippen LogP contribution in [0.1, 0.15) is 11.1 Å². The number of carbonyl (C=O) groups is 1. The van der Waals surface area contributed by atoms with Gasteiger partial charge in [-0.1, -0.05) is 6.07 Å². The van der Waals surface area contributed by atoms with Gasteiger partial charge in [0.2, 0.25) is 11.7 Å². The fraction of sp³-hybridized carbons (Fsp3) is 0.188. The van der Waals surface area contributed by atoms with E-state index in [1.807, 2.05) is 32.0 Å². The van der Waals surface area contributed by atoms with Crippen molar-refractivity contribution in [1.29, 1.82) is 0 Å². The lowest BCUT2D eigenvalue weighted by atomic mass is 10.1. The number of amides is 1. The van der Waals surface area contributed by atoms with Gasteiger partial charge in [0.1, 0.15) is 0 Å². The van der Waals surface area contributed by atoms with E-state index >= 15 is 0 Å². The highest BCUT2D eigenvalue weighted by molar-refractivity contribution is 8.00. The Labute approximate surface area is 137 Å². The van der Waals surface area contributed by atoms with Crippen molar-refractivity contribution in [1.82, 2.24) is 0 Å². The average molecular weight is 334 g/mol. The molecular formula is C16H15FN2O3S. The lowest BCUT2D eigenvalue weighted by Crippen LogP contribution is -2.14. The van der Waals surface area contributed by atoms with Crippen molar-refractivity contribution < 1.29 is 14.1 Å². The summed E-state index contributed by atoms with van der Waals surface area (Å²) in [4.78, 5) is 22.7. The SMILES string of the molecule is Cc1ccc(SCC(=O)Nc2ccc(F)c([N+](=O)[O-])c2)cc1C. The topological polar surface area (TPSA) is 72.2 Å². The summed E-state index contributed by atoms with van der Waals surface area (Å²) in [6.45, 7) is 4.01. The molecule has 1 N–H and O–H groups in total. The summed E-state index contributed by atoms with van der Waals surface area (Å²) in [5.41, 5.74) is 1.86. The Morgan fingerprint density at radius 3 is 2.61 bits per heavy atom. The van der Waals surface area contributed by atoms with E-state index in [0.717, 1.165) is 22.6 Å². The van der Waals surface area contributed by atoms with Crippen LogP contribution in [0, 0.1) is 29.8 Å². The van der Waals surface area contributed by atoms with Gasteiger partial charge in [0.15, 0.2) is 0 Å². The van der Waals surface area contributed by atoms with Crippen molar-refractivity contribution >= 4 is 29.0 Å². The molecule has 23 heavy (non-hydrogen) atoms. The van der Waals surface area contributed by atoms with E-state index in [1.54, 1.807) is 0 Å². The van der Waals surface area contributed by atoms with Crippen molar-refractivity contribution in [2.24, 2.45) is 0 Å². The summed E-state index contributed by atoms with van der Waals surface area (Å²) in [5.74, 6) is -1.08. The van der Waals surface area contributed by atoms with E-state index in [9.17, 15) is 19.3 Å². The van der Waals surface area contributed by atoms with E-state index in [0.29, 0.717) is 0 Å². The molecule has 2 aromatic rings. The van der Waals surface area contributed by atoms with Gasteiger partial charge in [-0.05, 0) is 49.2 Å². The number of nitrogens with zero attached hydrogens (tertiary/aromatic N) is 1. The van der Waals surface area contributed by atoms with E-state index in [2.05, 4.69) is 5.32 Å². The lowest BCUT2D eigenvalue weighted by molar-refractivity contribution is -0.387. The molecule has 0 aliphatic heterocycles. The smallest absolute Gasteiger partial charge is 0.306 e. The molecule has 0 spiro atoms. The highest BCUT2D eigenvalue weighted by Crippen LogP contribution is 2.23. The maximum absolute atomic E-state index is 13.2. The molecule has 1 amide bonds. The second-order valence-corrected chi connectivity index (χ2v) is 6.05. The summed E-state index contributed by atoms with van der Waals surface area (Å²) in [7, 11) is 0. The van der Waals surface area contributed by atoms with Crippen molar-refractivity contribution in [3.63, 3.8) is 0 Å². The number of halogens is 1. The third kappa shape index (κ3) is 4.53. The van der Waals surface area contributed by atoms with Gasteiger partial charge in [0.25, 0.3) is 0 Å². The van der Waals surface area contributed by atoms with Crippen LogP contribution in [0.4, 0.5) is 15.8 Å². The molecule has 0 aliphatic rings. The molecule has 0 fully saturated rings. The van der Waals surface area contributed by atoms with Gasteiger partial charge in [-0.15, -0.1) is 11.8 Å². The first-order chi connectivity index (χ1) is 10.9. The van der Waals surface area contributed by atoms with Crippen LogP contribution in [0.2, 0.25) is 0 Å². The summed E-state index contributed by atoms with van der Waals surface area (Å²) < 4.78 is 13.2. The van der Waals surface area contributed by atoms with Gasteiger partial charge in [0.05, 0.1) is 10.7 Å². The zero-order valence-electron chi connectivity index (χ0n) is 12.6. The van der Waals surface area contributed by atoms with Crippen LogP contribution in [-0.2, 0) is 4.79 Å². The van der Waals surface area contributed by atoms with E-state index in [1.165, 1.54) is 23.4 Å². The molecule has 0 bridgehead atoms. The molecule has 2 rings (SSSR count). The molecule has 2 aromatic carbocycles. The molecule has 0 heterocycles. The summed E-state index contributed by atoms with van der Waals surface area (Å²) >= 11 is 1.36. The standard InChI is InChI=1S/C16H15FN2O3S/c1-10-3-5-13(7-11(10)2)23-9-16(20)18-12-4-6-14(17)15(8-12)19(21)22/h3-8H,9H2,1-2H3,(H,18,20). The Balaban J connectivity index is 1.98. The predicted molar refractivity (Wildman–Crippen MR) is 88.3 cm³/mol. The third-order valence-electron chi connectivity index (χ3n) is 3.27. The molecule has 0 radical (unpaired) electrons. The van der Waals surface area contributed by atoms with Gasteiger partial charge < -0.3 is 5.32 Å². The number of carbonyl (C=O) groups excluding carboxylic acids is 1. The molecule has 0 saturated heterocycles. The molecule has 0 atom stereocenters. The second kappa shape index (κ2) is 7.23. The number of rotatable bonds is 5. The average Bonchev–Trinajstić information content (AvgIpc) is 2.50. The van der Waals surface area contributed by atoms with Gasteiger partial charge >= 0.3 is 5.69 Å². The first-order valence-electron chi connectivity index (χ1n) is 6.80. The first kappa shape index (κ1) is 17.0. The largest absolute Gasteiger partial charge is 0.325 e. The Kier molecular flexibility index (Phi) is 5.33. The number of nitro benzene ring substituents is 1. The van der Waals surface area contributed by atoms with Crippen molar-refractivity contribution in [3.05, 3.63) is 63.5 Å². The molecule has 0 unspecified atom stereocenters. The highest BCUT2D eigenvalue weighted by Gasteiger charge is 2.15. The Bertz CT molecular complexity index is 765. The van der Waals surface area contributed by atoms with Gasteiger partial charge in [-0.2, -0.15) is 4.39 Å². The number of hydrogen-bond donors (Lipinski definition) is 1. The van der Waals surface area contributed by atoms with Crippen LogP contribution in [0.15, 0.2) is 41.3 Å². The van der Waals surface area contributed by atoms with Crippen LogP contribution in [0.5, 0.6) is 0 Å². The zero-order valence-corrected chi connectivity index (χ0v) is 13.4. The fourth-order valence-electron chi connectivity index (χ4n) is 1.88. The first-order valence-corrected chi connectivity index (χ1v) is 7.79. The van der Waals surface area contributed by atoms with Crippen LogP contribution >= 0.6 is 11.8 Å². The number of anilines is 1. The predicted octanol–water partition coefficient (Wildman–Crippen LogP) is 4.08. The van der Waals surface area contributed by atoms with Crippen LogP contribution in [0.25, 0.3) is 0 Å². The van der Waals surface area contributed by atoms with Crippen LogP contribution < -0.4 is 5.32 Å². The number of aryl methyl sites for hydroxylation is 2. The Morgan fingerprint density at radius 1 is 1.22 bits per heavy atom. The van der Waals surface area contributed by atoms with E-state index in [4.69, 9.17) is 0 Å². The normalized spacial score (nSPS) is 10.4. The summed E-state index contributed by atoms with van der Waals surface area (Å²) in [6.07, 6.45) is 0. The number of benzene rings is 2. The molecule has 0 saturated carbocycles. The molecule has 5 nitrogen and oxygen atoms in total. The van der Waals surface area contributed by atoms with E-state index in [-0.39, 0.29) is 17.3 Å². The maximum atomic E-state index is 13.2. The van der Waals surface area contributed by atoms with Gasteiger partial charge in [0, 0.05) is 16.6 Å². The molecular weight excluding hydrogens is 319 g/mol. The number of nitro groups is 1. The highest BCUT2D eigenvalue weighted by atomic mass is 32.2. The quantitative estimate of drug-likeness (QED) is 0.508. The minimum Gasteiger partial charge on any atom is -0.325 e. The monoisotopic (exact) mass is 334 g/mol. The molecule has 120 valence electrons. The van der Waals surface area contributed by atoms with Crippen LogP contribution in [0.3, 0.4) is 0 Å². The number of thioether (sulfide) groups is 1. The van der Waals surface area contributed by atoms with Gasteiger partial charge in [-0.3, -0.25) is 14.9 Å². The van der Waals surface area contributed by atoms with Crippen molar-refractivity contribution in [3.8, 4) is 0 Å². The summed E-state index contributed by atoms with van der Waals surface area (Å²) in [6, 6.07) is 9.18. The lowest BCUT2D eigenvalue weighted by Gasteiger charge is -2.07. The molecule has 7 heteroatoms. The Morgan fingerprint density at radius 2 is 1.96 bits per heavy atom. The molecule has 0 aromatic heterocycles. The maximum Gasteiger partial charge on any atom is 0.306 e. The van der Waals surface area contributed by atoms with Crippen molar-refractivity contribution in [2.45, 2.75) is 18.7 Å². The zero-order chi connectivity index (χ0) is 17.0. The fourth-order valence-corrected chi connectivity index (χ4v) is 2.67. The molecule has 0 aliphatic carbocycles. The van der Waals surface area contributed by atoms with E-state index < -0.39 is 16.4 Å². The third-order valence-corrected chi connectivity index (χ3v) is 4.27.